The Morgan fingerprint density at radius 1 is 1.53 bits per heavy atom. The maximum atomic E-state index is 13.8. The second-order valence-electron chi connectivity index (χ2n) is 4.13. The molecule has 1 amide bonds. The third-order valence-electron chi connectivity index (χ3n) is 2.63. The van der Waals surface area contributed by atoms with Crippen molar-refractivity contribution in [1.82, 2.24) is 10.3 Å². The normalized spacial score (nSPS) is 10.4. The first kappa shape index (κ1) is 13.5. The molecular formula is C13H14FN3OS. The summed E-state index contributed by atoms with van der Waals surface area (Å²) in [7, 11) is 0. The molecule has 0 fully saturated rings. The molecule has 1 aromatic carbocycles. The molecule has 3 N–H and O–H groups in total. The topological polar surface area (TPSA) is 68.0 Å². The van der Waals surface area contributed by atoms with Gasteiger partial charge < -0.3 is 11.1 Å². The van der Waals surface area contributed by atoms with E-state index in [2.05, 4.69) is 10.3 Å². The molecule has 0 saturated carbocycles. The maximum Gasteiger partial charge on any atom is 0.254 e. The molecular weight excluding hydrogens is 265 g/mol. The van der Waals surface area contributed by atoms with Crippen LogP contribution in [0.15, 0.2) is 23.7 Å². The number of rotatable bonds is 4. The highest BCUT2D eigenvalue weighted by atomic mass is 32.1. The van der Waals surface area contributed by atoms with Gasteiger partial charge in [0.1, 0.15) is 5.82 Å². The molecule has 1 aromatic heterocycles. The van der Waals surface area contributed by atoms with E-state index in [0.29, 0.717) is 24.2 Å². The number of anilines is 1. The highest BCUT2D eigenvalue weighted by Gasteiger charge is 2.14. The largest absolute Gasteiger partial charge is 0.399 e. The van der Waals surface area contributed by atoms with Crippen LogP contribution in [-0.2, 0) is 6.42 Å². The molecule has 0 aliphatic heterocycles. The number of thiazole rings is 1. The smallest absolute Gasteiger partial charge is 0.254 e. The second kappa shape index (κ2) is 5.79. The Morgan fingerprint density at radius 2 is 2.32 bits per heavy atom. The van der Waals surface area contributed by atoms with E-state index in [0.717, 1.165) is 5.01 Å². The first-order valence-electron chi connectivity index (χ1n) is 5.80. The van der Waals surface area contributed by atoms with Crippen molar-refractivity contribution in [1.29, 1.82) is 0 Å². The number of amides is 1. The van der Waals surface area contributed by atoms with Crippen molar-refractivity contribution in [3.63, 3.8) is 0 Å². The van der Waals surface area contributed by atoms with Crippen molar-refractivity contribution >= 4 is 22.9 Å². The number of nitrogens with one attached hydrogen (secondary N) is 1. The van der Waals surface area contributed by atoms with Crippen molar-refractivity contribution in [2.45, 2.75) is 13.3 Å². The van der Waals surface area contributed by atoms with Gasteiger partial charge in [0, 0.05) is 30.2 Å². The minimum atomic E-state index is -0.527. The van der Waals surface area contributed by atoms with Crippen LogP contribution in [0.3, 0.4) is 0 Å². The first-order chi connectivity index (χ1) is 9.08. The van der Waals surface area contributed by atoms with Crippen LogP contribution in [-0.4, -0.2) is 17.4 Å². The molecule has 0 bridgehead atoms. The Bertz CT molecular complexity index is 584. The van der Waals surface area contributed by atoms with Gasteiger partial charge in [0.25, 0.3) is 5.91 Å². The van der Waals surface area contributed by atoms with Crippen molar-refractivity contribution in [3.05, 3.63) is 45.7 Å². The van der Waals surface area contributed by atoms with Gasteiger partial charge in [0.05, 0.1) is 10.6 Å². The highest BCUT2D eigenvalue weighted by Crippen LogP contribution is 2.17. The number of aromatic nitrogens is 1. The maximum absolute atomic E-state index is 13.8. The molecule has 2 rings (SSSR count). The van der Waals surface area contributed by atoms with E-state index in [1.54, 1.807) is 13.1 Å². The van der Waals surface area contributed by atoms with Crippen LogP contribution >= 0.6 is 11.3 Å². The fraction of sp³-hybridized carbons (Fsp3) is 0.231. The van der Waals surface area contributed by atoms with E-state index in [1.165, 1.54) is 23.5 Å². The number of benzene rings is 1. The first-order valence-corrected chi connectivity index (χ1v) is 6.68. The van der Waals surface area contributed by atoms with Crippen molar-refractivity contribution in [3.8, 4) is 0 Å². The van der Waals surface area contributed by atoms with Gasteiger partial charge in [-0.2, -0.15) is 0 Å². The molecule has 0 aliphatic carbocycles. The zero-order valence-electron chi connectivity index (χ0n) is 10.4. The number of nitrogens with two attached hydrogens (primary N) is 1. The van der Waals surface area contributed by atoms with Gasteiger partial charge in [-0.3, -0.25) is 4.79 Å². The van der Waals surface area contributed by atoms with Gasteiger partial charge in [0.15, 0.2) is 0 Å². The number of hydrogen-bond donors (Lipinski definition) is 2. The predicted molar refractivity (Wildman–Crippen MR) is 73.7 cm³/mol. The molecule has 0 aliphatic rings. The van der Waals surface area contributed by atoms with Crippen LogP contribution < -0.4 is 11.1 Å². The SMILES string of the molecule is Cc1cc(N)cc(C(=O)NCCc2nccs2)c1F. The zero-order chi connectivity index (χ0) is 13.8. The van der Waals surface area contributed by atoms with Gasteiger partial charge in [-0.15, -0.1) is 11.3 Å². The number of hydrogen-bond acceptors (Lipinski definition) is 4. The number of halogens is 1. The Kier molecular flexibility index (Phi) is 4.11. The Labute approximate surface area is 114 Å². The van der Waals surface area contributed by atoms with Crippen LogP contribution in [0, 0.1) is 12.7 Å². The molecule has 6 heteroatoms. The van der Waals surface area contributed by atoms with E-state index in [9.17, 15) is 9.18 Å². The molecule has 19 heavy (non-hydrogen) atoms. The molecule has 0 saturated heterocycles. The zero-order valence-corrected chi connectivity index (χ0v) is 11.3. The minimum Gasteiger partial charge on any atom is -0.399 e. The summed E-state index contributed by atoms with van der Waals surface area (Å²) in [6.45, 7) is 2.00. The molecule has 0 radical (unpaired) electrons. The van der Waals surface area contributed by atoms with Crippen LogP contribution in [0.1, 0.15) is 20.9 Å². The third-order valence-corrected chi connectivity index (χ3v) is 3.47. The summed E-state index contributed by atoms with van der Waals surface area (Å²) in [5.41, 5.74) is 6.34. The standard InChI is InChI=1S/C13H14FN3OS/c1-8-6-9(15)7-10(12(8)14)13(18)17-3-2-11-16-4-5-19-11/h4-7H,2-3,15H2,1H3,(H,17,18). The molecule has 1 heterocycles. The highest BCUT2D eigenvalue weighted by molar-refractivity contribution is 7.09. The lowest BCUT2D eigenvalue weighted by molar-refractivity contribution is 0.0950. The van der Waals surface area contributed by atoms with Gasteiger partial charge in [-0.25, -0.2) is 9.37 Å². The number of nitrogens with zero attached hydrogens (tertiary/aromatic N) is 1. The average Bonchev–Trinajstić information content (AvgIpc) is 2.86. The van der Waals surface area contributed by atoms with Crippen molar-refractivity contribution < 1.29 is 9.18 Å². The Balaban J connectivity index is 2.00. The summed E-state index contributed by atoms with van der Waals surface area (Å²) in [5, 5.41) is 5.47. The van der Waals surface area contributed by atoms with Crippen LogP contribution in [0.2, 0.25) is 0 Å². The van der Waals surface area contributed by atoms with E-state index >= 15 is 0 Å². The summed E-state index contributed by atoms with van der Waals surface area (Å²) in [4.78, 5) is 16.0. The molecule has 100 valence electrons. The van der Waals surface area contributed by atoms with Gasteiger partial charge >= 0.3 is 0 Å². The predicted octanol–water partition coefficient (Wildman–Crippen LogP) is 2.15. The monoisotopic (exact) mass is 279 g/mol. The van der Waals surface area contributed by atoms with E-state index in [4.69, 9.17) is 5.73 Å². The van der Waals surface area contributed by atoms with Gasteiger partial charge in [-0.05, 0) is 24.6 Å². The number of carbonyl (C=O) groups excluding carboxylic acids is 1. The van der Waals surface area contributed by atoms with Crippen LogP contribution in [0.25, 0.3) is 0 Å². The fourth-order valence-electron chi connectivity index (χ4n) is 1.72. The number of aryl methyl sites for hydroxylation is 1. The third kappa shape index (κ3) is 3.29. The summed E-state index contributed by atoms with van der Waals surface area (Å²) in [6, 6.07) is 2.85. The molecule has 0 spiro atoms. The lowest BCUT2D eigenvalue weighted by Gasteiger charge is -2.08. The number of nitrogen functional groups attached to an aromatic ring is 1. The molecule has 0 atom stereocenters. The lowest BCUT2D eigenvalue weighted by atomic mass is 10.1. The minimum absolute atomic E-state index is 0.0170. The van der Waals surface area contributed by atoms with E-state index in [-0.39, 0.29) is 5.56 Å². The van der Waals surface area contributed by atoms with Gasteiger partial charge in [0.2, 0.25) is 0 Å². The summed E-state index contributed by atoms with van der Waals surface area (Å²) < 4.78 is 13.8. The van der Waals surface area contributed by atoms with Crippen LogP contribution in [0.5, 0.6) is 0 Å². The molecule has 4 nitrogen and oxygen atoms in total. The summed E-state index contributed by atoms with van der Waals surface area (Å²) in [5.74, 6) is -0.981. The molecule has 0 unspecified atom stereocenters. The second-order valence-corrected chi connectivity index (χ2v) is 5.11. The summed E-state index contributed by atoms with van der Waals surface area (Å²) in [6.07, 6.45) is 2.34. The Hall–Kier alpha value is -1.95. The van der Waals surface area contributed by atoms with Crippen molar-refractivity contribution in [2.24, 2.45) is 0 Å². The summed E-state index contributed by atoms with van der Waals surface area (Å²) >= 11 is 1.52. The average molecular weight is 279 g/mol. The van der Waals surface area contributed by atoms with E-state index in [1.807, 2.05) is 5.38 Å². The quantitative estimate of drug-likeness (QED) is 0.843. The van der Waals surface area contributed by atoms with E-state index < -0.39 is 11.7 Å². The fourth-order valence-corrected chi connectivity index (χ4v) is 2.34. The molecule has 2 aromatic rings. The lowest BCUT2D eigenvalue weighted by Crippen LogP contribution is -2.27. The van der Waals surface area contributed by atoms with Crippen LogP contribution in [0.4, 0.5) is 10.1 Å². The Morgan fingerprint density at radius 3 is 3.00 bits per heavy atom. The number of carbonyl (C=O) groups is 1. The van der Waals surface area contributed by atoms with Crippen molar-refractivity contribution in [2.75, 3.05) is 12.3 Å². The van der Waals surface area contributed by atoms with Gasteiger partial charge in [-0.1, -0.05) is 0 Å².